The van der Waals surface area contributed by atoms with Gasteiger partial charge < -0.3 is 32.1 Å². The molecule has 7 heteroatoms. The van der Waals surface area contributed by atoms with Crippen molar-refractivity contribution < 1.29 is 20.1 Å². The lowest BCUT2D eigenvalue weighted by molar-refractivity contribution is -0.241. The van der Waals surface area contributed by atoms with Crippen molar-refractivity contribution >= 4 is 5.91 Å². The zero-order valence-corrected chi connectivity index (χ0v) is 31.2. The van der Waals surface area contributed by atoms with E-state index in [1.165, 1.54) is 70.6 Å². The lowest BCUT2D eigenvalue weighted by Crippen LogP contribution is -2.65. The van der Waals surface area contributed by atoms with Crippen LogP contribution in [0.1, 0.15) is 145 Å². The number of hydrogen-bond acceptors (Lipinski definition) is 6. The van der Waals surface area contributed by atoms with Gasteiger partial charge in [0.25, 0.3) is 0 Å². The topological polar surface area (TPSA) is 142 Å². The highest BCUT2D eigenvalue weighted by Crippen LogP contribution is 2.78. The number of rotatable bonds is 12. The zero-order chi connectivity index (χ0) is 34.6. The molecule has 0 aromatic carbocycles. The number of carbonyl (C=O) groups excluding carboxylic acids is 1. The van der Waals surface area contributed by atoms with E-state index >= 15 is 0 Å². The minimum atomic E-state index is -1.31. The van der Waals surface area contributed by atoms with E-state index in [0.29, 0.717) is 64.7 Å². The van der Waals surface area contributed by atoms with Gasteiger partial charge in [-0.2, -0.15) is 0 Å². The van der Waals surface area contributed by atoms with E-state index in [1.807, 2.05) is 0 Å². The normalized spacial score (nSPS) is 44.1. The van der Waals surface area contributed by atoms with Gasteiger partial charge >= 0.3 is 0 Å². The van der Waals surface area contributed by atoms with Crippen molar-refractivity contribution in [2.45, 2.75) is 169 Å². The Morgan fingerprint density at radius 3 is 2.06 bits per heavy atom. The molecule has 0 radical (unpaired) electrons. The van der Waals surface area contributed by atoms with E-state index in [2.05, 4.69) is 53.8 Å². The Labute approximate surface area is 287 Å². The number of aliphatic hydroxyl groups excluding tert-OH is 3. The number of nitrogens with one attached hydrogen (secondary N) is 1. The maximum absolute atomic E-state index is 12.2. The van der Waals surface area contributed by atoms with Gasteiger partial charge in [0, 0.05) is 6.54 Å². The second-order valence-corrected chi connectivity index (χ2v) is 19.3. The van der Waals surface area contributed by atoms with Gasteiger partial charge in [-0.25, -0.2) is 0 Å². The smallest absolute Gasteiger partial charge is 0.237 e. The van der Waals surface area contributed by atoms with Gasteiger partial charge in [0.2, 0.25) is 5.91 Å². The SMILES string of the molecule is CC(CCC(O)C(O)C(O)CNC(=O)[C@@H](N)CCCN)[C@H]1CC[C@]2(C)[C@H]3CC[C@@H]4[C@@]5(C)CCCC(C)(C)[C@@H]5CC[C@@]4(C)[C@]3(C)CC[C@@H]12. The molecule has 0 bridgehead atoms. The lowest BCUT2D eigenvalue weighted by Gasteiger charge is -2.73. The Balaban J connectivity index is 1.19. The van der Waals surface area contributed by atoms with Crippen LogP contribution in [0.15, 0.2) is 0 Å². The molecule has 14 atom stereocenters. The van der Waals surface area contributed by atoms with E-state index in [0.717, 1.165) is 30.1 Å². The molecule has 0 heterocycles. The molecule has 8 N–H and O–H groups in total. The van der Waals surface area contributed by atoms with Crippen LogP contribution < -0.4 is 16.8 Å². The molecule has 47 heavy (non-hydrogen) atoms. The summed E-state index contributed by atoms with van der Waals surface area (Å²) in [5.74, 6) is 3.94. The minimum Gasteiger partial charge on any atom is -0.390 e. The van der Waals surface area contributed by atoms with E-state index in [-0.39, 0.29) is 12.5 Å². The molecular weight excluding hydrogens is 586 g/mol. The molecular formula is C40H73N3O4. The summed E-state index contributed by atoms with van der Waals surface area (Å²) in [6.45, 7) is 18.7. The van der Waals surface area contributed by atoms with Crippen LogP contribution in [0.2, 0.25) is 0 Å². The van der Waals surface area contributed by atoms with Crippen molar-refractivity contribution in [3.05, 3.63) is 0 Å². The fourth-order valence-corrected chi connectivity index (χ4v) is 14.0. The lowest BCUT2D eigenvalue weighted by atomic mass is 9.32. The molecule has 7 nitrogen and oxygen atoms in total. The maximum Gasteiger partial charge on any atom is 0.237 e. The van der Waals surface area contributed by atoms with Gasteiger partial charge in [-0.15, -0.1) is 0 Å². The summed E-state index contributed by atoms with van der Waals surface area (Å²) < 4.78 is 0. The Morgan fingerprint density at radius 1 is 0.766 bits per heavy atom. The number of hydrogen-bond donors (Lipinski definition) is 6. The third-order valence-corrected chi connectivity index (χ3v) is 16.7. The number of carbonyl (C=O) groups is 1. The fourth-order valence-electron chi connectivity index (χ4n) is 14.0. The molecule has 272 valence electrons. The molecule has 0 spiro atoms. The number of aliphatic hydroxyl groups is 3. The zero-order valence-electron chi connectivity index (χ0n) is 31.2. The summed E-state index contributed by atoms with van der Waals surface area (Å²) in [4.78, 5) is 12.2. The molecule has 5 rings (SSSR count). The summed E-state index contributed by atoms with van der Waals surface area (Å²) in [6, 6.07) is -0.691. The highest BCUT2D eigenvalue weighted by molar-refractivity contribution is 5.81. The quantitative estimate of drug-likeness (QED) is 0.148. The molecule has 5 aliphatic rings. The average Bonchev–Trinajstić information content (AvgIpc) is 3.37. The van der Waals surface area contributed by atoms with Gasteiger partial charge in [-0.1, -0.05) is 54.9 Å². The first kappa shape index (κ1) is 37.5. The Kier molecular flexibility index (Phi) is 11.0. The van der Waals surface area contributed by atoms with Gasteiger partial charge in [0.1, 0.15) is 6.10 Å². The highest BCUT2D eigenvalue weighted by atomic mass is 16.4. The maximum atomic E-state index is 12.2. The first-order valence-corrected chi connectivity index (χ1v) is 19.7. The average molecular weight is 660 g/mol. The van der Waals surface area contributed by atoms with Crippen molar-refractivity contribution in [1.29, 1.82) is 0 Å². The predicted octanol–water partition coefficient (Wildman–Crippen LogP) is 6.16. The van der Waals surface area contributed by atoms with Crippen LogP contribution in [0.5, 0.6) is 0 Å². The Bertz CT molecular complexity index is 1100. The fraction of sp³-hybridized carbons (Fsp3) is 0.975. The van der Waals surface area contributed by atoms with Crippen LogP contribution in [-0.4, -0.2) is 58.7 Å². The van der Waals surface area contributed by atoms with Crippen molar-refractivity contribution in [1.82, 2.24) is 5.32 Å². The van der Waals surface area contributed by atoms with Gasteiger partial charge in [-0.05, 0) is 159 Å². The summed E-state index contributed by atoms with van der Waals surface area (Å²) >= 11 is 0. The molecule has 0 saturated heterocycles. The van der Waals surface area contributed by atoms with Gasteiger partial charge in [0.15, 0.2) is 0 Å². The van der Waals surface area contributed by atoms with E-state index in [9.17, 15) is 20.1 Å². The van der Waals surface area contributed by atoms with Crippen LogP contribution in [0.25, 0.3) is 0 Å². The van der Waals surface area contributed by atoms with Crippen molar-refractivity contribution in [3.8, 4) is 0 Å². The number of fused-ring (bicyclic) bond motifs is 7. The molecule has 0 aromatic heterocycles. The van der Waals surface area contributed by atoms with E-state index < -0.39 is 24.4 Å². The standard InChI is InChI=1S/C40H73N3O4/c1-25(11-12-29(44)34(46)30(45)24-43-35(47)28(42)10-8-23-41)26-15-20-37(4)27(26)16-21-39(6)32(37)13-14-33-38(5)19-9-18-36(2,3)31(38)17-22-40(33,39)7/h25-34,44-46H,8-24,41-42H2,1-7H3,(H,43,47)/t25?,26-,27+,28+,29?,30?,31+,32-,33-,34?,37+,38+,39-,40-/m1/s1. The number of amides is 1. The summed E-state index contributed by atoms with van der Waals surface area (Å²) in [7, 11) is 0. The van der Waals surface area contributed by atoms with Gasteiger partial charge in [-0.3, -0.25) is 4.79 Å². The first-order valence-electron chi connectivity index (χ1n) is 19.7. The first-order chi connectivity index (χ1) is 22.0. The third kappa shape index (κ3) is 6.38. The van der Waals surface area contributed by atoms with Gasteiger partial charge in [0.05, 0.1) is 18.2 Å². The Morgan fingerprint density at radius 2 is 1.40 bits per heavy atom. The molecule has 0 aromatic rings. The minimum absolute atomic E-state index is 0.135. The van der Waals surface area contributed by atoms with Crippen LogP contribution in [-0.2, 0) is 4.79 Å². The summed E-state index contributed by atoms with van der Waals surface area (Å²) in [6.07, 6.45) is 13.9. The van der Waals surface area contributed by atoms with E-state index in [1.54, 1.807) is 0 Å². The van der Waals surface area contributed by atoms with Crippen LogP contribution in [0.3, 0.4) is 0 Å². The second kappa shape index (κ2) is 13.8. The highest BCUT2D eigenvalue weighted by Gasteiger charge is 2.70. The third-order valence-electron chi connectivity index (χ3n) is 16.7. The summed E-state index contributed by atoms with van der Waals surface area (Å²) in [5, 5.41) is 34.7. The molecule has 5 aliphatic carbocycles. The largest absolute Gasteiger partial charge is 0.390 e. The molecule has 0 aliphatic heterocycles. The Hall–Kier alpha value is -0.730. The van der Waals surface area contributed by atoms with Crippen LogP contribution in [0, 0.1) is 62.6 Å². The van der Waals surface area contributed by atoms with Crippen molar-refractivity contribution in [3.63, 3.8) is 0 Å². The molecule has 1 amide bonds. The van der Waals surface area contributed by atoms with Crippen LogP contribution >= 0.6 is 0 Å². The van der Waals surface area contributed by atoms with Crippen molar-refractivity contribution in [2.24, 2.45) is 74.0 Å². The predicted molar refractivity (Wildman–Crippen MR) is 190 cm³/mol. The number of nitrogens with two attached hydrogens (primary N) is 2. The van der Waals surface area contributed by atoms with E-state index in [4.69, 9.17) is 11.5 Å². The molecule has 5 fully saturated rings. The van der Waals surface area contributed by atoms with Crippen molar-refractivity contribution in [2.75, 3.05) is 13.1 Å². The summed E-state index contributed by atoms with van der Waals surface area (Å²) in [5.41, 5.74) is 13.5. The molecule has 4 unspecified atom stereocenters. The van der Waals surface area contributed by atoms with Crippen LogP contribution in [0.4, 0.5) is 0 Å². The molecule has 5 saturated carbocycles. The monoisotopic (exact) mass is 660 g/mol. The second-order valence-electron chi connectivity index (χ2n) is 19.3.